The number of aliphatic hydroxyl groups excluding tert-OH is 2. The van der Waals surface area contributed by atoms with Gasteiger partial charge in [0.2, 0.25) is 0 Å². The normalized spacial score (nSPS) is 31.5. The Morgan fingerprint density at radius 1 is 1.00 bits per heavy atom. The van der Waals surface area contributed by atoms with Crippen LogP contribution in [0, 0.1) is 5.92 Å². The Labute approximate surface area is 282 Å². The molecule has 0 amide bonds. The molecule has 4 aromatic rings. The highest BCUT2D eigenvalue weighted by Crippen LogP contribution is 2.57. The summed E-state index contributed by atoms with van der Waals surface area (Å²) in [5.74, 6) is 0.335. The molecular formula is C25H33N9O10P2S2. The molecule has 10 atom stereocenters. The van der Waals surface area contributed by atoms with Gasteiger partial charge in [-0.2, -0.15) is 0 Å². The van der Waals surface area contributed by atoms with E-state index >= 15 is 0 Å². The zero-order valence-electron chi connectivity index (χ0n) is 25.2. The Morgan fingerprint density at radius 3 is 2.52 bits per heavy atom. The molecule has 4 aromatic heterocycles. The molecule has 48 heavy (non-hydrogen) atoms. The predicted octanol–water partition coefficient (Wildman–Crippen LogP) is 1.85. The highest BCUT2D eigenvalue weighted by atomic mass is 32.7. The van der Waals surface area contributed by atoms with E-state index in [0.717, 1.165) is 36.2 Å². The van der Waals surface area contributed by atoms with Crippen molar-refractivity contribution in [1.29, 1.82) is 0 Å². The smallest absolute Gasteiger partial charge is 0.386 e. The summed E-state index contributed by atoms with van der Waals surface area (Å²) in [5, 5.41) is 26.6. The second-order valence-corrected chi connectivity index (χ2v) is 17.3. The van der Waals surface area contributed by atoms with Crippen molar-refractivity contribution in [2.45, 2.75) is 62.7 Å². The minimum atomic E-state index is -4.29. The van der Waals surface area contributed by atoms with E-state index in [0.29, 0.717) is 5.65 Å². The van der Waals surface area contributed by atoms with Gasteiger partial charge in [-0.1, -0.05) is 31.4 Å². The van der Waals surface area contributed by atoms with Crippen molar-refractivity contribution in [3.05, 3.63) is 30.7 Å². The first-order valence-electron chi connectivity index (χ1n) is 14.9. The molecule has 7 heterocycles. The number of nitrogen functional groups attached to an aromatic ring is 1. The van der Waals surface area contributed by atoms with Crippen molar-refractivity contribution < 1.29 is 47.3 Å². The van der Waals surface area contributed by atoms with Crippen molar-refractivity contribution in [3.63, 3.8) is 0 Å². The average Bonchev–Trinajstić information content (AvgIpc) is 3.74. The highest BCUT2D eigenvalue weighted by Gasteiger charge is 2.50. The number of hydrogen-bond donors (Lipinski definition) is 7. The Balaban J connectivity index is 1.09. The minimum absolute atomic E-state index is 0.0808. The average molecular weight is 746 g/mol. The second-order valence-electron chi connectivity index (χ2n) is 11.7. The second kappa shape index (κ2) is 13.1. The molecule has 7 rings (SSSR count). The predicted molar refractivity (Wildman–Crippen MR) is 175 cm³/mol. The van der Waals surface area contributed by atoms with Crippen LogP contribution in [0.3, 0.4) is 0 Å². The van der Waals surface area contributed by atoms with E-state index in [9.17, 15) is 24.2 Å². The van der Waals surface area contributed by atoms with Crippen molar-refractivity contribution in [3.8, 4) is 0 Å². The molecule has 3 aliphatic heterocycles. The molecule has 0 spiro atoms. The summed E-state index contributed by atoms with van der Waals surface area (Å²) < 4.78 is 57.0. The van der Waals surface area contributed by atoms with Crippen LogP contribution >= 0.6 is 38.1 Å². The Morgan fingerprint density at radius 2 is 1.73 bits per heavy atom. The van der Waals surface area contributed by atoms with Crippen LogP contribution in [0.5, 0.6) is 0 Å². The van der Waals surface area contributed by atoms with Gasteiger partial charge in [0.15, 0.2) is 23.9 Å². The molecule has 23 heteroatoms. The number of nitrogens with one attached hydrogen (secondary N) is 1. The number of rotatable bonds is 10. The summed E-state index contributed by atoms with van der Waals surface area (Å²) in [4.78, 5) is 30.6. The van der Waals surface area contributed by atoms with Crippen LogP contribution < -0.4 is 11.1 Å². The fourth-order valence-electron chi connectivity index (χ4n) is 6.22. The molecule has 0 radical (unpaired) electrons. The number of anilines is 2. The van der Waals surface area contributed by atoms with Gasteiger partial charge in [-0.3, -0.25) is 18.1 Å². The van der Waals surface area contributed by atoms with Crippen LogP contribution in [0.2, 0.25) is 0 Å². The molecule has 19 nitrogen and oxygen atoms in total. The van der Waals surface area contributed by atoms with E-state index in [4.69, 9.17) is 28.8 Å². The molecular weight excluding hydrogens is 712 g/mol. The number of aliphatic hydroxyl groups is 2. The number of ether oxygens (including phenoxy) is 2. The van der Waals surface area contributed by atoms with E-state index < -0.39 is 69.1 Å². The van der Waals surface area contributed by atoms with Gasteiger partial charge in [0.1, 0.15) is 54.1 Å². The van der Waals surface area contributed by atoms with Gasteiger partial charge in [0, 0.05) is 18.7 Å². The van der Waals surface area contributed by atoms with E-state index in [1.54, 1.807) is 11.5 Å². The maximum atomic E-state index is 13.7. The molecule has 0 aliphatic carbocycles. The lowest BCUT2D eigenvalue weighted by atomic mass is 10.0. The number of imidazole rings is 1. The molecule has 0 saturated carbocycles. The van der Waals surface area contributed by atoms with Crippen LogP contribution in [0.1, 0.15) is 31.4 Å². The zero-order valence-corrected chi connectivity index (χ0v) is 28.7. The lowest BCUT2D eigenvalue weighted by Gasteiger charge is -2.25. The fraction of sp³-hybridized carbons (Fsp3) is 0.560. The zero-order chi connectivity index (χ0) is 34.0. The highest BCUT2D eigenvalue weighted by molar-refractivity contribution is 8.44. The summed E-state index contributed by atoms with van der Waals surface area (Å²) >= 11 is 7.66. The topological polar surface area (TPSA) is 253 Å². The third-order valence-electron chi connectivity index (χ3n) is 8.65. The molecule has 0 bridgehead atoms. The van der Waals surface area contributed by atoms with Gasteiger partial charge in [-0.25, -0.2) is 34.0 Å². The number of hydrogen-bond acceptors (Lipinski definition) is 16. The maximum absolute atomic E-state index is 13.7. The number of nitrogens with two attached hydrogens (primary N) is 1. The third-order valence-corrected chi connectivity index (χ3v) is 11.1. The summed E-state index contributed by atoms with van der Waals surface area (Å²) in [6.07, 6.45) is -0.423. The molecule has 2 saturated heterocycles. The number of nitrogens with zero attached hydrogens (tertiary/aromatic N) is 7. The standard InChI is InChI=1S/C25H33N9O10P2S2/c1-11-13(42-24(17(11)35)33-5-12-3-2-4-27-21-15(12)22(33)30-9-29-21)6-41-46(39,48)44-19-18(36)14(7-40-45(37,38)47)43-25(19)34-10-32-16-20(26)28-8-31-23(16)34/h5,8-11,13-14,17-19,24-25,35-36H,2-4,6-7H2,1H3,(H,39,48)(H2,26,28,31)(H,27,29,30)(H2,37,38,47)/t11-,13-,14-,17-,18-,19-,24-,25-,46?/m1/s1. The van der Waals surface area contributed by atoms with Gasteiger partial charge < -0.3 is 40.2 Å². The molecule has 260 valence electrons. The Kier molecular flexibility index (Phi) is 9.27. The fourth-order valence-corrected chi connectivity index (χ4v) is 8.22. The summed E-state index contributed by atoms with van der Waals surface area (Å²) in [6.45, 7) is -6.84. The summed E-state index contributed by atoms with van der Waals surface area (Å²) in [6, 6.07) is 0. The number of aromatic nitrogens is 7. The third kappa shape index (κ3) is 6.47. The van der Waals surface area contributed by atoms with Gasteiger partial charge in [0.05, 0.1) is 31.0 Å². The first-order chi connectivity index (χ1) is 22.8. The van der Waals surface area contributed by atoms with Crippen molar-refractivity contribution >= 4 is 71.9 Å². The summed E-state index contributed by atoms with van der Waals surface area (Å²) in [5.41, 5.74) is 8.01. The van der Waals surface area contributed by atoms with Gasteiger partial charge in [-0.05, 0) is 18.4 Å². The van der Waals surface area contributed by atoms with Crippen LogP contribution in [0.4, 0.5) is 11.6 Å². The number of thiol groups is 2. The Hall–Kier alpha value is -2.39. The van der Waals surface area contributed by atoms with Crippen molar-refractivity contribution in [1.82, 2.24) is 34.1 Å². The quantitative estimate of drug-likeness (QED) is 0.0903. The Bertz CT molecular complexity index is 1930. The molecule has 6 N–H and O–H groups in total. The van der Waals surface area contributed by atoms with E-state index in [-0.39, 0.29) is 23.6 Å². The monoisotopic (exact) mass is 745 g/mol. The summed E-state index contributed by atoms with van der Waals surface area (Å²) in [7, 11) is 0. The van der Waals surface area contributed by atoms with Gasteiger partial charge >= 0.3 is 13.6 Å². The first-order valence-corrected chi connectivity index (χ1v) is 20.3. The maximum Gasteiger partial charge on any atom is 0.386 e. The van der Waals surface area contributed by atoms with Crippen molar-refractivity contribution in [2.24, 2.45) is 5.92 Å². The lowest BCUT2D eigenvalue weighted by Crippen LogP contribution is -2.35. The van der Waals surface area contributed by atoms with Crippen LogP contribution in [-0.2, 0) is 38.6 Å². The van der Waals surface area contributed by atoms with Crippen molar-refractivity contribution in [2.75, 3.05) is 30.8 Å². The van der Waals surface area contributed by atoms with E-state index in [1.807, 2.05) is 6.20 Å². The minimum Gasteiger partial charge on any atom is -0.388 e. The molecule has 2 unspecified atom stereocenters. The SMILES string of the molecule is C[C@H]1[C@@H](O)[C@H](n2cc3c4c(ncnc42)NCCC3)O[C@@H]1COP(=O)(S)O[C@@H]1[C@H](O)[C@@H](COP(=O)(O)S)O[C@H]1n1cnc2c(N)ncnc21. The number of fused-ring (bicyclic) bond motifs is 1. The van der Waals surface area contributed by atoms with E-state index in [1.165, 1.54) is 23.5 Å². The van der Waals surface area contributed by atoms with E-state index in [2.05, 4.69) is 54.7 Å². The molecule has 3 aliphatic rings. The number of aryl methyl sites for hydroxylation is 1. The first kappa shape index (κ1) is 34.1. The van der Waals surface area contributed by atoms with Crippen LogP contribution in [0.15, 0.2) is 25.2 Å². The largest absolute Gasteiger partial charge is 0.388 e. The van der Waals surface area contributed by atoms with Gasteiger partial charge in [-0.15, -0.1) is 0 Å². The van der Waals surface area contributed by atoms with Crippen LogP contribution in [0.25, 0.3) is 22.2 Å². The van der Waals surface area contributed by atoms with Gasteiger partial charge in [0.25, 0.3) is 0 Å². The lowest BCUT2D eigenvalue weighted by molar-refractivity contribution is -0.0525. The van der Waals surface area contributed by atoms with Crippen LogP contribution in [-0.4, -0.2) is 99.4 Å². The molecule has 2 fully saturated rings. The molecule has 0 aromatic carbocycles.